The Morgan fingerprint density at radius 2 is 2.00 bits per heavy atom. The molecule has 0 aromatic carbocycles. The van der Waals surface area contributed by atoms with Crippen molar-refractivity contribution in [3.05, 3.63) is 11.6 Å². The number of ether oxygens (including phenoxy) is 1. The number of aliphatic hydroxyl groups is 1. The minimum absolute atomic E-state index is 0.166. The average molecular weight is 407 g/mol. The zero-order chi connectivity index (χ0) is 25.6. The predicted molar refractivity (Wildman–Crippen MR) is 119 cm³/mol. The first-order valence-electron chi connectivity index (χ1n) is 15.2. The molecular weight excluding hydrogens is 356 g/mol. The first-order valence-corrected chi connectivity index (χ1v) is 12.2. The van der Waals surface area contributed by atoms with E-state index in [1.807, 2.05) is 0 Å². The first-order chi connectivity index (χ1) is 16.1. The van der Waals surface area contributed by atoms with Crippen LogP contribution >= 0.6 is 0 Å². The molecule has 0 spiro atoms. The molecule has 0 bridgehead atoms. The number of aliphatic hydroxyl groups excluding tert-OH is 1. The van der Waals surface area contributed by atoms with Crippen LogP contribution in [0.4, 0.5) is 0 Å². The summed E-state index contributed by atoms with van der Waals surface area (Å²) in [6.07, 6.45) is 12.0. The van der Waals surface area contributed by atoms with E-state index >= 15 is 0 Å². The Morgan fingerprint density at radius 3 is 2.76 bits per heavy atom. The molecule has 5 aliphatic rings. The number of rotatable bonds is 4. The van der Waals surface area contributed by atoms with Crippen LogP contribution in [-0.2, 0) is 4.74 Å². The highest BCUT2D eigenvalue weighted by Crippen LogP contribution is 2.67. The van der Waals surface area contributed by atoms with Crippen molar-refractivity contribution >= 4 is 0 Å². The maximum Gasteiger partial charge on any atom is 0.0892 e. The van der Waals surface area contributed by atoms with Crippen LogP contribution in [0, 0.1) is 40.4 Å². The number of allylic oxidation sites excluding steroid dienone is 1. The molecule has 9 atom stereocenters. The molecule has 4 fully saturated rings. The molecular formula is C27H44O2. The number of hydrogen-bond acceptors (Lipinski definition) is 2. The maximum atomic E-state index is 10.2. The maximum absolute atomic E-state index is 10.2. The summed E-state index contributed by atoms with van der Waals surface area (Å²) in [5.74, 6) is 3.18. The van der Waals surface area contributed by atoms with Gasteiger partial charge in [0.25, 0.3) is 0 Å². The molecule has 3 saturated carbocycles. The van der Waals surface area contributed by atoms with Gasteiger partial charge in [0.15, 0.2) is 0 Å². The highest BCUT2D eigenvalue weighted by Gasteiger charge is 2.59. The monoisotopic (exact) mass is 406 g/mol. The van der Waals surface area contributed by atoms with Crippen LogP contribution in [0.5, 0.6) is 0 Å². The van der Waals surface area contributed by atoms with E-state index in [0.717, 1.165) is 49.9 Å². The fourth-order valence-electron chi connectivity index (χ4n) is 8.68. The summed E-state index contributed by atoms with van der Waals surface area (Å²) in [5, 5.41) is 10.2. The van der Waals surface area contributed by atoms with Gasteiger partial charge in [-0.05, 0) is 118 Å². The largest absolute Gasteiger partial charge is 0.393 e. The lowest BCUT2D eigenvalue weighted by atomic mass is 9.47. The summed E-state index contributed by atoms with van der Waals surface area (Å²) in [7, 11) is 0. The summed E-state index contributed by atoms with van der Waals surface area (Å²) < 4.78 is 52.2. The fourth-order valence-corrected chi connectivity index (χ4v) is 8.68. The van der Waals surface area contributed by atoms with Gasteiger partial charge in [-0.2, -0.15) is 0 Å². The summed E-state index contributed by atoms with van der Waals surface area (Å²) in [6, 6.07) is 0. The Morgan fingerprint density at radius 1 is 1.17 bits per heavy atom. The quantitative estimate of drug-likeness (QED) is 0.426. The molecule has 2 heteroatoms. The van der Waals surface area contributed by atoms with Gasteiger partial charge in [0.05, 0.1) is 17.8 Å². The number of epoxide rings is 1. The Bertz CT molecular complexity index is 851. The van der Waals surface area contributed by atoms with Crippen LogP contribution in [0.3, 0.4) is 0 Å². The average Bonchev–Trinajstić information content (AvgIpc) is 3.41. The molecule has 2 nitrogen and oxygen atoms in total. The van der Waals surface area contributed by atoms with Crippen molar-refractivity contribution in [1.29, 1.82) is 0 Å². The number of hydrogen-bond donors (Lipinski definition) is 1. The zero-order valence-electron chi connectivity index (χ0n) is 24.5. The van der Waals surface area contributed by atoms with Gasteiger partial charge in [0.1, 0.15) is 0 Å². The zero-order valence-corrected chi connectivity index (χ0v) is 18.5. The Hall–Kier alpha value is -0.340. The molecule has 164 valence electrons. The van der Waals surface area contributed by atoms with Gasteiger partial charge < -0.3 is 9.84 Å². The van der Waals surface area contributed by atoms with Crippen molar-refractivity contribution in [2.75, 3.05) is 0 Å². The van der Waals surface area contributed by atoms with Gasteiger partial charge >= 0.3 is 0 Å². The molecule has 0 aromatic heterocycles. The topological polar surface area (TPSA) is 32.8 Å². The predicted octanol–water partition coefficient (Wildman–Crippen LogP) is 6.52. The smallest absolute Gasteiger partial charge is 0.0892 e. The van der Waals surface area contributed by atoms with E-state index in [9.17, 15) is 5.11 Å². The molecule has 1 heterocycles. The van der Waals surface area contributed by atoms with E-state index in [2.05, 4.69) is 26.8 Å². The standard InChI is InChI=1S/C27H44O2/c1-17(6-11-24-25(2,3)29-24)21-9-10-22-20-8-7-18-16-19(28)12-14-26(18,4)23(20)13-15-27(21,22)5/h7,17,19-24,28H,6,8-16H2,1-5H3/t17-,19+,20+,21-,22+,23+,24-,26+,27-/m1/s1/i2D3,3D3. The molecule has 4 aliphatic carbocycles. The molecule has 0 radical (unpaired) electrons. The van der Waals surface area contributed by atoms with E-state index in [1.54, 1.807) is 0 Å². The summed E-state index contributed by atoms with van der Waals surface area (Å²) >= 11 is 0. The van der Waals surface area contributed by atoms with Crippen molar-refractivity contribution in [3.63, 3.8) is 0 Å². The minimum atomic E-state index is -2.63. The number of fused-ring (bicyclic) bond motifs is 5. The van der Waals surface area contributed by atoms with E-state index in [-0.39, 0.29) is 11.5 Å². The molecule has 1 saturated heterocycles. The lowest BCUT2D eigenvalue weighted by Crippen LogP contribution is -2.50. The van der Waals surface area contributed by atoms with E-state index < -0.39 is 25.4 Å². The van der Waals surface area contributed by atoms with Gasteiger partial charge in [0.2, 0.25) is 0 Å². The highest BCUT2D eigenvalue weighted by atomic mass is 16.6. The lowest BCUT2D eigenvalue weighted by Gasteiger charge is -2.58. The van der Waals surface area contributed by atoms with Crippen molar-refractivity contribution in [1.82, 2.24) is 0 Å². The molecule has 1 N–H and O–H groups in total. The van der Waals surface area contributed by atoms with E-state index in [1.165, 1.54) is 31.3 Å². The van der Waals surface area contributed by atoms with Gasteiger partial charge in [-0.3, -0.25) is 0 Å². The summed E-state index contributed by atoms with van der Waals surface area (Å²) in [6.45, 7) is 2.01. The Balaban J connectivity index is 1.27. The van der Waals surface area contributed by atoms with Crippen LogP contribution in [0.15, 0.2) is 11.6 Å². The molecule has 0 aromatic rings. The van der Waals surface area contributed by atoms with Crippen LogP contribution in [0.1, 0.15) is 107 Å². The van der Waals surface area contributed by atoms with Crippen LogP contribution in [-0.4, -0.2) is 22.9 Å². The van der Waals surface area contributed by atoms with Gasteiger partial charge in [-0.1, -0.05) is 32.4 Å². The normalized spacial score (nSPS) is 55.4. The van der Waals surface area contributed by atoms with Crippen molar-refractivity contribution < 1.29 is 18.1 Å². The summed E-state index contributed by atoms with van der Waals surface area (Å²) in [5.41, 5.74) is 0.0891. The molecule has 0 unspecified atom stereocenters. The second-order valence-corrected chi connectivity index (χ2v) is 11.8. The van der Waals surface area contributed by atoms with Crippen molar-refractivity contribution in [2.45, 2.75) is 116 Å². The van der Waals surface area contributed by atoms with Crippen LogP contribution in [0.2, 0.25) is 0 Å². The third kappa shape index (κ3) is 3.18. The minimum Gasteiger partial charge on any atom is -0.393 e. The molecule has 0 amide bonds. The second-order valence-electron chi connectivity index (χ2n) is 11.8. The molecule has 5 rings (SSSR count). The molecule has 1 aliphatic heterocycles. The van der Waals surface area contributed by atoms with E-state index in [0.29, 0.717) is 23.7 Å². The van der Waals surface area contributed by atoms with Crippen LogP contribution in [0.25, 0.3) is 0 Å². The lowest BCUT2D eigenvalue weighted by molar-refractivity contribution is -0.0573. The van der Waals surface area contributed by atoms with Gasteiger partial charge in [0, 0.05) is 8.22 Å². The van der Waals surface area contributed by atoms with Gasteiger partial charge in [-0.25, -0.2) is 0 Å². The third-order valence-electron chi connectivity index (χ3n) is 10.4. The van der Waals surface area contributed by atoms with Crippen molar-refractivity contribution in [3.8, 4) is 0 Å². The highest BCUT2D eigenvalue weighted by molar-refractivity contribution is 5.25. The fraction of sp³-hybridized carbons (Fsp3) is 0.926. The molecule has 29 heavy (non-hydrogen) atoms. The third-order valence-corrected chi connectivity index (χ3v) is 10.4. The van der Waals surface area contributed by atoms with Crippen molar-refractivity contribution in [2.24, 2.45) is 40.4 Å². The second kappa shape index (κ2) is 6.83. The SMILES string of the molecule is [2H]C([2H])([2H])C1(C([2H])([2H])[2H])O[C@@H]1CC[C@@H](C)[C@H]1CC[C@H]2[C@@H]3CC=C4C[C@@H](O)CC[C@]4(C)[C@H]3CC[C@]12C. The Kier molecular flexibility index (Phi) is 3.45. The van der Waals surface area contributed by atoms with E-state index in [4.69, 9.17) is 13.0 Å². The first kappa shape index (κ1) is 14.7. The Labute approximate surface area is 187 Å². The van der Waals surface area contributed by atoms with Crippen LogP contribution < -0.4 is 0 Å². The summed E-state index contributed by atoms with van der Waals surface area (Å²) in [4.78, 5) is 0. The van der Waals surface area contributed by atoms with Gasteiger partial charge in [-0.15, -0.1) is 0 Å².